The number of benzene rings is 2. The van der Waals surface area contributed by atoms with Crippen molar-refractivity contribution in [1.29, 1.82) is 0 Å². The van der Waals surface area contributed by atoms with Crippen LogP contribution in [0.2, 0.25) is 0 Å². The van der Waals surface area contributed by atoms with Crippen LogP contribution in [0.4, 0.5) is 0 Å². The molecule has 132 valence electrons. The monoisotopic (exact) mass is 346 g/mol. The lowest BCUT2D eigenvalue weighted by atomic mass is 10.1. The zero-order chi connectivity index (χ0) is 18.4. The van der Waals surface area contributed by atoms with Crippen molar-refractivity contribution in [1.82, 2.24) is 0 Å². The van der Waals surface area contributed by atoms with Crippen molar-refractivity contribution in [3.63, 3.8) is 0 Å². The van der Waals surface area contributed by atoms with Gasteiger partial charge in [0.15, 0.2) is 11.5 Å². The number of esters is 2. The summed E-state index contributed by atoms with van der Waals surface area (Å²) in [7, 11) is 5.64. The van der Waals surface area contributed by atoms with Crippen LogP contribution in [0.3, 0.4) is 0 Å². The van der Waals surface area contributed by atoms with Gasteiger partial charge in [0.2, 0.25) is 5.75 Å². The fourth-order valence-electron chi connectivity index (χ4n) is 2.20. The summed E-state index contributed by atoms with van der Waals surface area (Å²) in [4.78, 5) is 23.9. The minimum absolute atomic E-state index is 0.178. The molecule has 0 radical (unpaired) electrons. The van der Waals surface area contributed by atoms with Gasteiger partial charge in [-0.05, 0) is 36.4 Å². The van der Waals surface area contributed by atoms with Gasteiger partial charge in [0, 0.05) is 0 Å². The Morgan fingerprint density at radius 1 is 0.720 bits per heavy atom. The molecule has 2 aromatic carbocycles. The minimum Gasteiger partial charge on any atom is -0.493 e. The smallest absolute Gasteiger partial charge is 0.347 e. The van der Waals surface area contributed by atoms with E-state index in [-0.39, 0.29) is 17.1 Å². The Labute approximate surface area is 145 Å². The summed E-state index contributed by atoms with van der Waals surface area (Å²) in [5.41, 5.74) is 0.531. The number of carbonyl (C=O) groups is 2. The molecular weight excluding hydrogens is 328 g/mol. The molecule has 0 amide bonds. The van der Waals surface area contributed by atoms with E-state index in [1.54, 1.807) is 6.07 Å². The van der Waals surface area contributed by atoms with Crippen LogP contribution >= 0.6 is 0 Å². The molecule has 0 spiro atoms. The van der Waals surface area contributed by atoms with Gasteiger partial charge in [-0.1, -0.05) is 0 Å². The third-order valence-electron chi connectivity index (χ3n) is 3.41. The molecule has 0 N–H and O–H groups in total. The van der Waals surface area contributed by atoms with E-state index in [4.69, 9.17) is 18.9 Å². The third kappa shape index (κ3) is 3.82. The number of carbonyl (C=O) groups excluding carboxylic acids is 2. The Morgan fingerprint density at radius 3 is 1.88 bits per heavy atom. The van der Waals surface area contributed by atoms with E-state index < -0.39 is 11.9 Å². The van der Waals surface area contributed by atoms with E-state index in [1.165, 1.54) is 58.8 Å². The first kappa shape index (κ1) is 18.1. The van der Waals surface area contributed by atoms with Gasteiger partial charge in [-0.3, -0.25) is 0 Å². The van der Waals surface area contributed by atoms with Crippen LogP contribution < -0.4 is 18.9 Å². The summed E-state index contributed by atoms with van der Waals surface area (Å²) in [5, 5.41) is 0. The predicted octanol–water partition coefficient (Wildman–Crippen LogP) is 2.72. The second-order valence-corrected chi connectivity index (χ2v) is 4.79. The zero-order valence-corrected chi connectivity index (χ0v) is 14.3. The quantitative estimate of drug-likeness (QED) is 0.587. The van der Waals surface area contributed by atoms with Crippen molar-refractivity contribution in [3.8, 4) is 23.0 Å². The molecule has 0 aliphatic heterocycles. The van der Waals surface area contributed by atoms with Crippen molar-refractivity contribution >= 4 is 11.9 Å². The second-order valence-electron chi connectivity index (χ2n) is 4.79. The summed E-state index contributed by atoms with van der Waals surface area (Å²) in [5.74, 6) is 0.0920. The van der Waals surface area contributed by atoms with Gasteiger partial charge in [0.25, 0.3) is 0 Å². The molecule has 2 rings (SSSR count). The fraction of sp³-hybridized carbons (Fsp3) is 0.222. The van der Waals surface area contributed by atoms with Gasteiger partial charge in [-0.25, -0.2) is 9.59 Å². The maximum absolute atomic E-state index is 12.4. The molecule has 0 aliphatic rings. The van der Waals surface area contributed by atoms with E-state index in [0.717, 1.165) is 0 Å². The first-order chi connectivity index (χ1) is 12.0. The molecule has 2 aromatic rings. The van der Waals surface area contributed by atoms with Crippen LogP contribution in [0.25, 0.3) is 0 Å². The minimum atomic E-state index is -0.636. The van der Waals surface area contributed by atoms with Crippen molar-refractivity contribution < 1.29 is 33.3 Å². The standard InChI is InChI=1S/C18H18O7/c1-21-14-10-9-13(15(22-2)16(14)23-3)18(20)25-12-7-5-11(6-8-12)17(19)24-4/h5-10H,1-4H3. The van der Waals surface area contributed by atoms with E-state index >= 15 is 0 Å². The fourth-order valence-corrected chi connectivity index (χ4v) is 2.20. The topological polar surface area (TPSA) is 80.3 Å². The van der Waals surface area contributed by atoms with E-state index in [2.05, 4.69) is 4.74 Å². The van der Waals surface area contributed by atoms with Gasteiger partial charge in [0.05, 0.1) is 34.0 Å². The lowest BCUT2D eigenvalue weighted by molar-refractivity contribution is 0.0600. The molecule has 0 saturated carbocycles. The Kier molecular flexibility index (Phi) is 5.84. The molecule has 25 heavy (non-hydrogen) atoms. The second kappa shape index (κ2) is 8.05. The number of hydrogen-bond acceptors (Lipinski definition) is 7. The van der Waals surface area contributed by atoms with Crippen LogP contribution in [-0.2, 0) is 4.74 Å². The summed E-state index contributed by atoms with van der Waals surface area (Å²) >= 11 is 0. The van der Waals surface area contributed by atoms with Gasteiger partial charge in [-0.15, -0.1) is 0 Å². The van der Waals surface area contributed by atoms with E-state index in [0.29, 0.717) is 17.1 Å². The summed E-state index contributed by atoms with van der Waals surface area (Å²) < 4.78 is 25.6. The van der Waals surface area contributed by atoms with Crippen LogP contribution in [0.5, 0.6) is 23.0 Å². The van der Waals surface area contributed by atoms with Crippen LogP contribution in [0, 0.1) is 0 Å². The summed E-state index contributed by atoms with van der Waals surface area (Å²) in [6, 6.07) is 9.10. The Hall–Kier alpha value is -3.22. The molecule has 7 nitrogen and oxygen atoms in total. The number of ether oxygens (including phenoxy) is 5. The first-order valence-electron chi connectivity index (χ1n) is 7.25. The van der Waals surface area contributed by atoms with Crippen LogP contribution in [0.1, 0.15) is 20.7 Å². The molecule has 0 fully saturated rings. The van der Waals surface area contributed by atoms with Gasteiger partial charge in [0.1, 0.15) is 11.3 Å². The highest BCUT2D eigenvalue weighted by molar-refractivity contribution is 5.96. The Morgan fingerprint density at radius 2 is 1.36 bits per heavy atom. The Bertz CT molecular complexity index is 766. The highest BCUT2D eigenvalue weighted by Gasteiger charge is 2.22. The first-order valence-corrected chi connectivity index (χ1v) is 7.25. The maximum atomic E-state index is 12.4. The number of rotatable bonds is 6. The zero-order valence-electron chi connectivity index (χ0n) is 14.3. The SMILES string of the molecule is COC(=O)c1ccc(OC(=O)c2ccc(OC)c(OC)c2OC)cc1. The number of hydrogen-bond donors (Lipinski definition) is 0. The molecule has 0 aromatic heterocycles. The van der Waals surface area contributed by atoms with E-state index in [9.17, 15) is 9.59 Å². The summed E-state index contributed by atoms with van der Waals surface area (Å²) in [6.45, 7) is 0. The van der Waals surface area contributed by atoms with Crippen molar-refractivity contribution in [2.45, 2.75) is 0 Å². The third-order valence-corrected chi connectivity index (χ3v) is 3.41. The molecule has 0 atom stereocenters. The van der Waals surface area contributed by atoms with Crippen LogP contribution in [0.15, 0.2) is 36.4 Å². The molecule has 0 unspecified atom stereocenters. The van der Waals surface area contributed by atoms with E-state index in [1.807, 2.05) is 0 Å². The number of methoxy groups -OCH3 is 4. The highest BCUT2D eigenvalue weighted by Crippen LogP contribution is 2.40. The normalized spacial score (nSPS) is 9.92. The lowest BCUT2D eigenvalue weighted by Crippen LogP contribution is -2.11. The highest BCUT2D eigenvalue weighted by atomic mass is 16.5. The molecule has 7 heteroatoms. The average Bonchev–Trinajstić information content (AvgIpc) is 2.66. The summed E-state index contributed by atoms with van der Waals surface area (Å²) in [6.07, 6.45) is 0. The molecule has 0 saturated heterocycles. The van der Waals surface area contributed by atoms with Gasteiger partial charge < -0.3 is 23.7 Å². The van der Waals surface area contributed by atoms with Crippen LogP contribution in [-0.4, -0.2) is 40.4 Å². The lowest BCUT2D eigenvalue weighted by Gasteiger charge is -2.15. The maximum Gasteiger partial charge on any atom is 0.347 e. The predicted molar refractivity (Wildman–Crippen MR) is 88.8 cm³/mol. The van der Waals surface area contributed by atoms with Crippen molar-refractivity contribution in [2.24, 2.45) is 0 Å². The molecule has 0 heterocycles. The molecular formula is C18H18O7. The largest absolute Gasteiger partial charge is 0.493 e. The molecule has 0 bridgehead atoms. The Balaban J connectivity index is 2.27. The van der Waals surface area contributed by atoms with Crippen molar-refractivity contribution in [2.75, 3.05) is 28.4 Å². The van der Waals surface area contributed by atoms with Gasteiger partial charge >= 0.3 is 11.9 Å². The average molecular weight is 346 g/mol. The van der Waals surface area contributed by atoms with Gasteiger partial charge in [-0.2, -0.15) is 0 Å². The molecule has 0 aliphatic carbocycles. The van der Waals surface area contributed by atoms with Crippen molar-refractivity contribution in [3.05, 3.63) is 47.5 Å².